The van der Waals surface area contributed by atoms with Gasteiger partial charge in [-0.2, -0.15) is 9.57 Å². The fourth-order valence-corrected chi connectivity index (χ4v) is 2.52. The van der Waals surface area contributed by atoms with Crippen molar-refractivity contribution in [3.8, 4) is 6.07 Å². The van der Waals surface area contributed by atoms with Gasteiger partial charge in [0.2, 0.25) is 10.0 Å². The molecule has 1 aromatic rings. The van der Waals surface area contributed by atoms with Gasteiger partial charge in [0.25, 0.3) is 0 Å². The molecule has 0 saturated carbocycles. The van der Waals surface area contributed by atoms with Crippen LogP contribution in [0.15, 0.2) is 24.3 Å². The second-order valence-electron chi connectivity index (χ2n) is 3.90. The average Bonchev–Trinajstić information content (AvgIpc) is 2.38. The molecule has 0 heterocycles. The first kappa shape index (κ1) is 15.1. The molecule has 0 unspecified atom stereocenters. The monoisotopic (exact) mass is 282 g/mol. The molecule has 0 spiro atoms. The molecule has 0 atom stereocenters. The molecule has 0 fully saturated rings. The van der Waals surface area contributed by atoms with Crippen molar-refractivity contribution in [1.29, 1.82) is 5.26 Å². The van der Waals surface area contributed by atoms with E-state index in [0.717, 1.165) is 4.31 Å². The number of sulfonamides is 1. The largest absolute Gasteiger partial charge is 0.468 e. The molecular formula is C12H14N2O4S. The lowest BCUT2D eigenvalue weighted by Crippen LogP contribution is -2.33. The first-order chi connectivity index (χ1) is 8.89. The predicted molar refractivity (Wildman–Crippen MR) is 68.4 cm³/mol. The predicted octanol–water partition coefficient (Wildman–Crippen LogP) is 0.493. The number of esters is 1. The fraction of sp³-hybridized carbons (Fsp3) is 0.333. The van der Waals surface area contributed by atoms with Crippen LogP contribution in [0, 0.1) is 11.3 Å². The van der Waals surface area contributed by atoms with Crippen molar-refractivity contribution in [2.24, 2.45) is 0 Å². The molecule has 1 aromatic carbocycles. The number of ether oxygens (including phenoxy) is 1. The van der Waals surface area contributed by atoms with Gasteiger partial charge in [0.1, 0.15) is 6.54 Å². The zero-order valence-electron chi connectivity index (χ0n) is 10.7. The standard InChI is InChI=1S/C12H14N2O4S/c1-14(8-12(15)18-2)19(16,17)9-11-5-3-4-10(6-11)7-13/h3-6H,8-9H2,1-2H3. The van der Waals surface area contributed by atoms with Crippen molar-refractivity contribution < 1.29 is 17.9 Å². The van der Waals surface area contributed by atoms with Crippen LogP contribution in [0.1, 0.15) is 11.1 Å². The second kappa shape index (κ2) is 6.31. The third-order valence-electron chi connectivity index (χ3n) is 2.46. The maximum absolute atomic E-state index is 12.0. The minimum Gasteiger partial charge on any atom is -0.468 e. The molecule has 1 rings (SSSR count). The molecular weight excluding hydrogens is 268 g/mol. The molecule has 0 amide bonds. The molecule has 0 bridgehead atoms. The third kappa shape index (κ3) is 4.35. The number of likely N-dealkylation sites (N-methyl/N-ethyl adjacent to an activating group) is 1. The number of carbonyl (C=O) groups is 1. The lowest BCUT2D eigenvalue weighted by molar-refractivity contribution is -0.140. The highest BCUT2D eigenvalue weighted by Crippen LogP contribution is 2.11. The second-order valence-corrected chi connectivity index (χ2v) is 5.98. The summed E-state index contributed by atoms with van der Waals surface area (Å²) in [7, 11) is -1.12. The van der Waals surface area contributed by atoms with Crippen molar-refractivity contribution in [1.82, 2.24) is 4.31 Å². The topological polar surface area (TPSA) is 87.5 Å². The first-order valence-electron chi connectivity index (χ1n) is 5.39. The summed E-state index contributed by atoms with van der Waals surface area (Å²) in [6.45, 7) is -0.337. The highest BCUT2D eigenvalue weighted by molar-refractivity contribution is 7.88. The van der Waals surface area contributed by atoms with E-state index in [-0.39, 0.29) is 12.3 Å². The Hall–Kier alpha value is -1.91. The van der Waals surface area contributed by atoms with Gasteiger partial charge in [0, 0.05) is 7.05 Å². The summed E-state index contributed by atoms with van der Waals surface area (Å²) in [5.74, 6) is -0.896. The first-order valence-corrected chi connectivity index (χ1v) is 7.00. The molecule has 0 N–H and O–H groups in total. The summed E-state index contributed by atoms with van der Waals surface area (Å²) in [6, 6.07) is 8.27. The lowest BCUT2D eigenvalue weighted by Gasteiger charge is -2.15. The number of hydrogen-bond acceptors (Lipinski definition) is 5. The molecule has 0 aliphatic carbocycles. The molecule has 19 heavy (non-hydrogen) atoms. The van der Waals surface area contributed by atoms with Crippen LogP contribution in [-0.4, -0.2) is 39.4 Å². The zero-order chi connectivity index (χ0) is 14.5. The van der Waals surface area contributed by atoms with E-state index in [0.29, 0.717) is 11.1 Å². The Balaban J connectivity index is 2.84. The van der Waals surface area contributed by atoms with Crippen LogP contribution >= 0.6 is 0 Å². The molecule has 0 radical (unpaired) electrons. The van der Waals surface area contributed by atoms with Crippen LogP contribution in [0.4, 0.5) is 0 Å². The van der Waals surface area contributed by atoms with E-state index >= 15 is 0 Å². The summed E-state index contributed by atoms with van der Waals surface area (Å²) < 4.78 is 29.3. The average molecular weight is 282 g/mol. The number of rotatable bonds is 5. The molecule has 0 aliphatic rings. The summed E-state index contributed by atoms with van der Waals surface area (Å²) in [5.41, 5.74) is 0.888. The van der Waals surface area contributed by atoms with Gasteiger partial charge in [-0.3, -0.25) is 4.79 Å². The smallest absolute Gasteiger partial charge is 0.320 e. The molecule has 0 aromatic heterocycles. The third-order valence-corrected chi connectivity index (χ3v) is 4.24. The van der Waals surface area contributed by atoms with Gasteiger partial charge in [0.05, 0.1) is 24.5 Å². The Morgan fingerprint density at radius 1 is 1.47 bits per heavy atom. The minimum absolute atomic E-state index is 0.268. The van der Waals surface area contributed by atoms with E-state index < -0.39 is 16.0 Å². The highest BCUT2D eigenvalue weighted by atomic mass is 32.2. The van der Waals surface area contributed by atoms with Crippen LogP contribution in [-0.2, 0) is 25.3 Å². The van der Waals surface area contributed by atoms with E-state index in [4.69, 9.17) is 5.26 Å². The maximum atomic E-state index is 12.0. The van der Waals surface area contributed by atoms with Gasteiger partial charge in [-0.05, 0) is 17.7 Å². The Morgan fingerprint density at radius 3 is 2.74 bits per heavy atom. The van der Waals surface area contributed by atoms with Crippen LogP contribution in [0.2, 0.25) is 0 Å². The molecule has 0 aliphatic heterocycles. The van der Waals surface area contributed by atoms with Crippen molar-refractivity contribution in [3.05, 3.63) is 35.4 Å². The van der Waals surface area contributed by atoms with E-state index in [1.807, 2.05) is 6.07 Å². The lowest BCUT2D eigenvalue weighted by atomic mass is 10.2. The maximum Gasteiger partial charge on any atom is 0.320 e. The van der Waals surface area contributed by atoms with Crippen LogP contribution < -0.4 is 0 Å². The SMILES string of the molecule is COC(=O)CN(C)S(=O)(=O)Cc1cccc(C#N)c1. The van der Waals surface area contributed by atoms with Gasteiger partial charge < -0.3 is 4.74 Å². The van der Waals surface area contributed by atoms with Gasteiger partial charge in [-0.25, -0.2) is 8.42 Å². The minimum atomic E-state index is -3.62. The highest BCUT2D eigenvalue weighted by Gasteiger charge is 2.21. The van der Waals surface area contributed by atoms with E-state index in [1.165, 1.54) is 20.2 Å². The number of nitrogens with zero attached hydrogens (tertiary/aromatic N) is 2. The number of benzene rings is 1. The summed E-state index contributed by atoms with van der Waals surface area (Å²) >= 11 is 0. The van der Waals surface area contributed by atoms with E-state index in [1.54, 1.807) is 18.2 Å². The quantitative estimate of drug-likeness (QED) is 0.734. The number of carbonyl (C=O) groups excluding carboxylic acids is 1. The summed E-state index contributed by atoms with van der Waals surface area (Å²) in [5, 5.41) is 8.75. The van der Waals surface area contributed by atoms with Gasteiger partial charge in [-0.1, -0.05) is 12.1 Å². The fourth-order valence-electron chi connectivity index (χ4n) is 1.40. The molecule has 6 nitrogen and oxygen atoms in total. The summed E-state index contributed by atoms with van der Waals surface area (Å²) in [6.07, 6.45) is 0. The summed E-state index contributed by atoms with van der Waals surface area (Å²) in [4.78, 5) is 11.1. The van der Waals surface area contributed by atoms with Crippen LogP contribution in [0.5, 0.6) is 0 Å². The van der Waals surface area contributed by atoms with Gasteiger partial charge in [0.15, 0.2) is 0 Å². The molecule has 7 heteroatoms. The van der Waals surface area contributed by atoms with E-state index in [2.05, 4.69) is 4.74 Å². The Bertz CT molecular complexity index is 604. The van der Waals surface area contributed by atoms with Crippen molar-refractivity contribution in [2.75, 3.05) is 20.7 Å². The normalized spacial score (nSPS) is 11.1. The van der Waals surface area contributed by atoms with Gasteiger partial charge >= 0.3 is 5.97 Å². The van der Waals surface area contributed by atoms with Gasteiger partial charge in [-0.15, -0.1) is 0 Å². The number of hydrogen-bond donors (Lipinski definition) is 0. The van der Waals surface area contributed by atoms with Crippen molar-refractivity contribution in [2.45, 2.75) is 5.75 Å². The number of nitriles is 1. The Morgan fingerprint density at radius 2 is 2.16 bits per heavy atom. The Kier molecular flexibility index (Phi) is 5.03. The van der Waals surface area contributed by atoms with Crippen molar-refractivity contribution >= 4 is 16.0 Å². The zero-order valence-corrected chi connectivity index (χ0v) is 11.5. The molecule has 0 saturated heterocycles. The van der Waals surface area contributed by atoms with Crippen molar-refractivity contribution in [3.63, 3.8) is 0 Å². The van der Waals surface area contributed by atoms with Crippen LogP contribution in [0.3, 0.4) is 0 Å². The Labute approximate surface area is 112 Å². The molecule has 102 valence electrons. The van der Waals surface area contributed by atoms with Crippen LogP contribution in [0.25, 0.3) is 0 Å². The van der Waals surface area contributed by atoms with E-state index in [9.17, 15) is 13.2 Å². The number of methoxy groups -OCH3 is 1.